The minimum atomic E-state index is -4.84. The molecule has 0 bridgehead atoms. The first-order chi connectivity index (χ1) is 14.2. The van der Waals surface area contributed by atoms with Crippen LogP contribution in [0.15, 0.2) is 47.4 Å². The Morgan fingerprint density at radius 2 is 1.77 bits per heavy atom. The molecular formula is C20H23ClF4N2O3S. The van der Waals surface area contributed by atoms with Crippen molar-refractivity contribution in [2.24, 2.45) is 0 Å². The molecule has 1 aliphatic carbocycles. The molecule has 31 heavy (non-hydrogen) atoms. The molecule has 1 atom stereocenters. The molecule has 2 N–H and O–H groups in total. The maximum atomic E-state index is 12.6. The largest absolute Gasteiger partial charge is 0.573 e. The summed E-state index contributed by atoms with van der Waals surface area (Å²) >= 11 is 0. The highest BCUT2D eigenvalue weighted by molar-refractivity contribution is 7.92. The Balaban J connectivity index is 0.00000341. The van der Waals surface area contributed by atoms with Gasteiger partial charge in [-0.05, 0) is 79.8 Å². The van der Waals surface area contributed by atoms with E-state index in [1.807, 2.05) is 6.07 Å². The lowest BCUT2D eigenvalue weighted by Gasteiger charge is -2.26. The molecule has 172 valence electrons. The number of fused-ring (bicyclic) bond motifs is 1. The number of hydrogen-bond acceptors (Lipinski definition) is 4. The van der Waals surface area contributed by atoms with E-state index in [4.69, 9.17) is 0 Å². The van der Waals surface area contributed by atoms with Crippen LogP contribution in [0.3, 0.4) is 0 Å². The van der Waals surface area contributed by atoms with Gasteiger partial charge >= 0.3 is 6.36 Å². The molecule has 0 radical (unpaired) electrons. The van der Waals surface area contributed by atoms with Gasteiger partial charge in [-0.2, -0.15) is 0 Å². The van der Waals surface area contributed by atoms with Crippen molar-refractivity contribution in [3.63, 3.8) is 0 Å². The van der Waals surface area contributed by atoms with E-state index in [0.717, 1.165) is 54.7 Å². The zero-order valence-electron chi connectivity index (χ0n) is 16.4. The molecule has 0 saturated carbocycles. The molecule has 3 rings (SSSR count). The van der Waals surface area contributed by atoms with E-state index in [-0.39, 0.29) is 30.0 Å². The quantitative estimate of drug-likeness (QED) is 0.426. The highest BCUT2D eigenvalue weighted by atomic mass is 35.5. The third kappa shape index (κ3) is 7.26. The number of anilines is 1. The van der Waals surface area contributed by atoms with E-state index in [1.165, 1.54) is 0 Å². The fourth-order valence-corrected chi connectivity index (χ4v) is 4.45. The highest BCUT2D eigenvalue weighted by Gasteiger charge is 2.31. The van der Waals surface area contributed by atoms with Gasteiger partial charge in [-0.3, -0.25) is 9.11 Å². The van der Waals surface area contributed by atoms with Gasteiger partial charge in [0.1, 0.15) is 5.75 Å². The molecule has 0 aromatic heterocycles. The minimum absolute atomic E-state index is 0. The second-order valence-electron chi connectivity index (χ2n) is 7.04. The number of halogens is 5. The van der Waals surface area contributed by atoms with Crippen molar-refractivity contribution in [1.82, 2.24) is 5.32 Å². The number of rotatable bonds is 8. The lowest BCUT2D eigenvalue weighted by molar-refractivity contribution is -0.274. The first kappa shape index (κ1) is 25.2. The molecule has 0 fully saturated rings. The number of ether oxygens (including phenoxy) is 1. The summed E-state index contributed by atoms with van der Waals surface area (Å²) in [6.45, 7) is 0.277. The van der Waals surface area contributed by atoms with E-state index in [2.05, 4.69) is 14.8 Å². The van der Waals surface area contributed by atoms with Crippen molar-refractivity contribution in [1.29, 1.82) is 0 Å². The average molecular weight is 483 g/mol. The van der Waals surface area contributed by atoms with Crippen LogP contribution in [0.25, 0.3) is 0 Å². The highest BCUT2D eigenvalue weighted by Crippen LogP contribution is 2.27. The van der Waals surface area contributed by atoms with E-state index in [1.54, 1.807) is 12.1 Å². The zero-order valence-corrected chi connectivity index (χ0v) is 18.0. The lowest BCUT2D eigenvalue weighted by Crippen LogP contribution is -2.35. The van der Waals surface area contributed by atoms with E-state index >= 15 is 0 Å². The summed E-state index contributed by atoms with van der Waals surface area (Å²) in [5.41, 5.74) is 2.52. The summed E-state index contributed by atoms with van der Waals surface area (Å²) in [4.78, 5) is -0.174. The maximum absolute atomic E-state index is 12.6. The van der Waals surface area contributed by atoms with Crippen LogP contribution in [0.1, 0.15) is 24.0 Å². The van der Waals surface area contributed by atoms with Crippen molar-refractivity contribution in [2.75, 3.05) is 17.9 Å². The standard InChI is InChI=1S/C20H22F4N2O3S.ClH/c21-10-1-11-25-16-4-2-15-13-17(5-3-14(15)12-16)26-30(27,28)19-8-6-18(7-9-19)29-20(22,23)24;/h3,5-9,13,16,25-26H,1-2,4,10-12H2;1H/t16-;/m0./s1. The summed E-state index contributed by atoms with van der Waals surface area (Å²) in [5, 5.41) is 3.32. The van der Waals surface area contributed by atoms with Gasteiger partial charge in [-0.15, -0.1) is 25.6 Å². The van der Waals surface area contributed by atoms with Gasteiger partial charge in [0.2, 0.25) is 0 Å². The van der Waals surface area contributed by atoms with Gasteiger partial charge in [0.25, 0.3) is 10.0 Å². The lowest BCUT2D eigenvalue weighted by atomic mass is 9.88. The van der Waals surface area contributed by atoms with Crippen LogP contribution in [0.2, 0.25) is 0 Å². The summed E-state index contributed by atoms with van der Waals surface area (Å²) < 4.78 is 80.2. The van der Waals surface area contributed by atoms with Crippen LogP contribution in [0.5, 0.6) is 5.75 Å². The Labute approximate surface area is 184 Å². The number of hydrogen-bond donors (Lipinski definition) is 2. The molecule has 2 aromatic rings. The Morgan fingerprint density at radius 3 is 2.42 bits per heavy atom. The Bertz CT molecular complexity index is 969. The van der Waals surface area contributed by atoms with Gasteiger partial charge in [0, 0.05) is 11.7 Å². The molecule has 0 amide bonds. The van der Waals surface area contributed by atoms with Crippen LogP contribution in [-0.2, 0) is 22.9 Å². The van der Waals surface area contributed by atoms with Crippen LogP contribution in [-0.4, -0.2) is 34.0 Å². The molecule has 0 saturated heterocycles. The zero-order chi connectivity index (χ0) is 21.8. The van der Waals surface area contributed by atoms with Crippen molar-refractivity contribution in [2.45, 2.75) is 43.0 Å². The SMILES string of the molecule is Cl.O=S(=O)(Nc1ccc2c(c1)CC[C@H](NCCCF)C2)c1ccc(OC(F)(F)F)cc1. The molecular weight excluding hydrogens is 460 g/mol. The van der Waals surface area contributed by atoms with Crippen molar-refractivity contribution >= 4 is 28.1 Å². The van der Waals surface area contributed by atoms with Gasteiger partial charge < -0.3 is 10.1 Å². The molecule has 0 unspecified atom stereocenters. The fraction of sp³-hybridized carbons (Fsp3) is 0.400. The maximum Gasteiger partial charge on any atom is 0.573 e. The molecule has 0 heterocycles. The van der Waals surface area contributed by atoms with Gasteiger partial charge in [-0.25, -0.2) is 8.42 Å². The average Bonchev–Trinajstić information content (AvgIpc) is 2.67. The van der Waals surface area contributed by atoms with Crippen molar-refractivity contribution in [3.05, 3.63) is 53.6 Å². The summed E-state index contributed by atoms with van der Waals surface area (Å²) in [6, 6.07) is 9.55. The summed E-state index contributed by atoms with van der Waals surface area (Å²) in [6.07, 6.45) is -1.94. The molecule has 5 nitrogen and oxygen atoms in total. The molecule has 1 aliphatic rings. The number of alkyl halides is 4. The topological polar surface area (TPSA) is 67.4 Å². The Morgan fingerprint density at radius 1 is 1.06 bits per heavy atom. The number of aryl methyl sites for hydroxylation is 1. The van der Waals surface area contributed by atoms with Crippen LogP contribution in [0, 0.1) is 0 Å². The third-order valence-corrected chi connectivity index (χ3v) is 6.20. The van der Waals surface area contributed by atoms with Gasteiger partial charge in [0.15, 0.2) is 0 Å². The van der Waals surface area contributed by atoms with E-state index < -0.39 is 22.1 Å². The summed E-state index contributed by atoms with van der Waals surface area (Å²) in [5.74, 6) is -0.495. The molecule has 2 aromatic carbocycles. The predicted octanol–water partition coefficient (Wildman–Crippen LogP) is 4.61. The number of benzene rings is 2. The second kappa shape index (κ2) is 10.5. The third-order valence-electron chi connectivity index (χ3n) is 4.80. The second-order valence-corrected chi connectivity index (χ2v) is 8.73. The van der Waals surface area contributed by atoms with Gasteiger partial charge in [-0.1, -0.05) is 6.07 Å². The fourth-order valence-electron chi connectivity index (χ4n) is 3.40. The number of sulfonamides is 1. The van der Waals surface area contributed by atoms with Crippen LogP contribution in [0.4, 0.5) is 23.2 Å². The molecule has 0 spiro atoms. The molecule has 11 heteroatoms. The smallest absolute Gasteiger partial charge is 0.406 e. The number of nitrogens with one attached hydrogen (secondary N) is 2. The normalized spacial score (nSPS) is 16.2. The predicted molar refractivity (Wildman–Crippen MR) is 112 cm³/mol. The Hall–Kier alpha value is -2.04. The van der Waals surface area contributed by atoms with Crippen LogP contribution < -0.4 is 14.8 Å². The molecule has 0 aliphatic heterocycles. The van der Waals surface area contributed by atoms with E-state index in [9.17, 15) is 26.0 Å². The first-order valence-corrected chi connectivity index (χ1v) is 10.9. The van der Waals surface area contributed by atoms with Gasteiger partial charge in [0.05, 0.1) is 11.6 Å². The van der Waals surface area contributed by atoms with Crippen molar-refractivity contribution in [3.8, 4) is 5.75 Å². The summed E-state index contributed by atoms with van der Waals surface area (Å²) in [7, 11) is -3.96. The van der Waals surface area contributed by atoms with Crippen molar-refractivity contribution < 1.29 is 30.7 Å². The minimum Gasteiger partial charge on any atom is -0.406 e. The first-order valence-electron chi connectivity index (χ1n) is 9.46. The Kier molecular flexibility index (Phi) is 8.56. The van der Waals surface area contributed by atoms with Crippen LogP contribution >= 0.6 is 12.4 Å². The monoisotopic (exact) mass is 482 g/mol. The van der Waals surface area contributed by atoms with E-state index in [0.29, 0.717) is 18.7 Å².